The molecule has 0 radical (unpaired) electrons. The minimum absolute atomic E-state index is 0.306. The average molecular weight is 531 g/mol. The van der Waals surface area contributed by atoms with Crippen molar-refractivity contribution in [1.82, 2.24) is 0 Å². The third-order valence-electron chi connectivity index (χ3n) is 7.61. The molecule has 0 aliphatic carbocycles. The van der Waals surface area contributed by atoms with E-state index in [0.29, 0.717) is 56.1 Å². The summed E-state index contributed by atoms with van der Waals surface area (Å²) in [5.41, 5.74) is 4.67. The highest BCUT2D eigenvalue weighted by molar-refractivity contribution is 6.14. The van der Waals surface area contributed by atoms with Crippen LogP contribution in [0.1, 0.15) is 41.4 Å². The van der Waals surface area contributed by atoms with Gasteiger partial charge in [-0.25, -0.2) is 0 Å². The predicted molar refractivity (Wildman–Crippen MR) is 156 cm³/mol. The standard InChI is InChI=1S/C32H26N4O4/c1-33-25-7-5-8-26(17-25)34(2)31(39)23-13-20-14-24(16-23)32(40)36(4)28-10-6-9-27(18-28)35(3)30(38)22-12-19(20)11-21(15-22)29(33)37/h5-18H,1-4H3. The molecule has 198 valence electrons. The summed E-state index contributed by atoms with van der Waals surface area (Å²) in [6.45, 7) is 0. The van der Waals surface area contributed by atoms with Gasteiger partial charge in [-0.05, 0) is 83.9 Å². The molecule has 0 N–H and O–H groups in total. The fourth-order valence-electron chi connectivity index (χ4n) is 5.15. The van der Waals surface area contributed by atoms with Crippen molar-refractivity contribution in [3.63, 3.8) is 0 Å². The highest BCUT2D eigenvalue weighted by Crippen LogP contribution is 2.32. The zero-order valence-corrected chi connectivity index (χ0v) is 22.5. The van der Waals surface area contributed by atoms with Gasteiger partial charge in [-0.1, -0.05) is 12.1 Å². The summed E-state index contributed by atoms with van der Waals surface area (Å²) >= 11 is 0. The van der Waals surface area contributed by atoms with Gasteiger partial charge in [-0.3, -0.25) is 19.2 Å². The summed E-state index contributed by atoms with van der Waals surface area (Å²) in [4.78, 5) is 61.1. The van der Waals surface area contributed by atoms with Gasteiger partial charge >= 0.3 is 0 Å². The molecular weight excluding hydrogens is 504 g/mol. The first kappa shape index (κ1) is 25.1. The summed E-state index contributed by atoms with van der Waals surface area (Å²) in [6.07, 6.45) is 0. The van der Waals surface area contributed by atoms with E-state index in [9.17, 15) is 19.2 Å². The molecule has 0 aromatic heterocycles. The molecule has 0 saturated heterocycles. The van der Waals surface area contributed by atoms with Gasteiger partial charge in [-0.2, -0.15) is 0 Å². The lowest BCUT2D eigenvalue weighted by atomic mass is 9.95. The first-order chi connectivity index (χ1) is 19.1. The molecule has 4 aromatic carbocycles. The Labute approximate surface area is 231 Å². The number of carbonyl (C=O) groups excluding carboxylic acids is 4. The van der Waals surface area contributed by atoms with Gasteiger partial charge in [0.1, 0.15) is 0 Å². The second-order valence-corrected chi connectivity index (χ2v) is 10.1. The van der Waals surface area contributed by atoms with Crippen molar-refractivity contribution < 1.29 is 19.2 Å². The highest BCUT2D eigenvalue weighted by atomic mass is 16.2. The summed E-state index contributed by atoms with van der Waals surface area (Å²) < 4.78 is 0. The minimum atomic E-state index is -0.317. The summed E-state index contributed by atoms with van der Waals surface area (Å²) in [7, 11) is 6.63. The molecule has 0 saturated carbocycles. The van der Waals surface area contributed by atoms with E-state index in [2.05, 4.69) is 0 Å². The van der Waals surface area contributed by atoms with Crippen LogP contribution in [0.25, 0.3) is 11.1 Å². The van der Waals surface area contributed by atoms with E-state index in [1.807, 2.05) is 0 Å². The first-order valence-corrected chi connectivity index (χ1v) is 12.8. The van der Waals surface area contributed by atoms with Crippen LogP contribution in [-0.4, -0.2) is 51.8 Å². The second kappa shape index (κ2) is 9.20. The van der Waals surface area contributed by atoms with Crippen LogP contribution in [0.2, 0.25) is 0 Å². The molecule has 8 nitrogen and oxygen atoms in total. The number of hydrogen-bond acceptors (Lipinski definition) is 4. The number of anilines is 4. The zero-order chi connectivity index (χ0) is 28.3. The molecule has 4 amide bonds. The lowest BCUT2D eigenvalue weighted by Crippen LogP contribution is -2.30. The highest BCUT2D eigenvalue weighted by Gasteiger charge is 2.26. The number of rotatable bonds is 0. The van der Waals surface area contributed by atoms with Gasteiger partial charge in [-0.15, -0.1) is 0 Å². The Balaban J connectivity index is 1.70. The molecule has 8 heteroatoms. The maximum Gasteiger partial charge on any atom is 0.258 e. The Morgan fingerprint density at radius 1 is 0.350 bits per heavy atom. The van der Waals surface area contributed by atoms with Crippen LogP contribution in [0, 0.1) is 0 Å². The lowest BCUT2D eigenvalue weighted by molar-refractivity contribution is 0.0979. The second-order valence-electron chi connectivity index (χ2n) is 10.1. The van der Waals surface area contributed by atoms with E-state index < -0.39 is 0 Å². The van der Waals surface area contributed by atoms with Gasteiger partial charge < -0.3 is 19.6 Å². The molecule has 40 heavy (non-hydrogen) atoms. The largest absolute Gasteiger partial charge is 0.311 e. The van der Waals surface area contributed by atoms with Crippen molar-refractivity contribution >= 4 is 46.4 Å². The molecule has 2 aliphatic heterocycles. The monoisotopic (exact) mass is 530 g/mol. The Bertz CT molecular complexity index is 1520. The van der Waals surface area contributed by atoms with Crippen molar-refractivity contribution in [1.29, 1.82) is 0 Å². The zero-order valence-electron chi connectivity index (χ0n) is 22.5. The van der Waals surface area contributed by atoms with E-state index >= 15 is 0 Å². The predicted octanol–water partition coefficient (Wildman–Crippen LogP) is 5.09. The Morgan fingerprint density at radius 3 is 0.825 bits per heavy atom. The maximum atomic E-state index is 13.8. The molecule has 0 unspecified atom stereocenters. The molecule has 0 atom stereocenters. The quantitative estimate of drug-likeness (QED) is 0.317. The van der Waals surface area contributed by atoms with Crippen LogP contribution in [0.5, 0.6) is 0 Å². The first-order valence-electron chi connectivity index (χ1n) is 12.8. The Kier molecular flexibility index (Phi) is 5.76. The van der Waals surface area contributed by atoms with Gasteiger partial charge in [0.2, 0.25) is 0 Å². The topological polar surface area (TPSA) is 81.2 Å². The number of hydrogen-bond donors (Lipinski definition) is 0. The summed E-state index contributed by atoms with van der Waals surface area (Å²) in [5.74, 6) is -1.27. The van der Waals surface area contributed by atoms with E-state index in [1.165, 1.54) is 19.6 Å². The molecule has 4 aromatic rings. The van der Waals surface area contributed by atoms with Crippen molar-refractivity contribution in [2.75, 3.05) is 47.8 Å². The van der Waals surface area contributed by atoms with Crippen molar-refractivity contribution in [2.45, 2.75) is 0 Å². The smallest absolute Gasteiger partial charge is 0.258 e. The van der Waals surface area contributed by atoms with E-state index in [0.717, 1.165) is 0 Å². The SMILES string of the molecule is CN1C(=O)c2cc3cc(c2)-c2cc(cc(c2)C(=O)N(C)c2cccc(c2)N(C)C3=O)C(=O)N(C)c2cccc1c2. The molecule has 0 fully saturated rings. The van der Waals surface area contributed by atoms with Gasteiger partial charge in [0.25, 0.3) is 23.6 Å². The van der Waals surface area contributed by atoms with E-state index in [-0.39, 0.29) is 23.6 Å². The minimum Gasteiger partial charge on any atom is -0.311 e. The van der Waals surface area contributed by atoms with Crippen molar-refractivity contribution in [3.8, 4) is 11.1 Å². The molecule has 10 bridgehead atoms. The normalized spacial score (nSPS) is 15.0. The molecule has 0 spiro atoms. The average Bonchev–Trinajstić information content (AvgIpc) is 3.00. The summed E-state index contributed by atoms with van der Waals surface area (Å²) in [6, 6.07) is 24.2. The van der Waals surface area contributed by atoms with Crippen LogP contribution in [0.3, 0.4) is 0 Å². The number of carbonyl (C=O) groups is 4. The molecule has 2 heterocycles. The van der Waals surface area contributed by atoms with Crippen LogP contribution >= 0.6 is 0 Å². The van der Waals surface area contributed by atoms with Crippen molar-refractivity contribution in [2.24, 2.45) is 0 Å². The summed E-state index contributed by atoms with van der Waals surface area (Å²) in [5, 5.41) is 0. The van der Waals surface area contributed by atoms with Crippen LogP contribution in [0.4, 0.5) is 22.7 Å². The molecule has 2 aliphatic rings. The van der Waals surface area contributed by atoms with E-state index in [4.69, 9.17) is 0 Å². The van der Waals surface area contributed by atoms with Crippen LogP contribution < -0.4 is 19.6 Å². The number of nitrogens with zero attached hydrogens (tertiary/aromatic N) is 4. The molecular formula is C32H26N4O4. The number of amides is 4. The Hall–Kier alpha value is -5.24. The van der Waals surface area contributed by atoms with E-state index in [1.54, 1.807) is 113 Å². The van der Waals surface area contributed by atoms with Gasteiger partial charge in [0.15, 0.2) is 0 Å². The fraction of sp³-hybridized carbons (Fsp3) is 0.125. The van der Waals surface area contributed by atoms with Crippen LogP contribution in [-0.2, 0) is 0 Å². The Morgan fingerprint density at radius 2 is 0.575 bits per heavy atom. The maximum absolute atomic E-state index is 13.8. The third kappa shape index (κ3) is 4.01. The number of benzene rings is 4. The third-order valence-corrected chi connectivity index (χ3v) is 7.61. The molecule has 6 rings (SSSR count). The van der Waals surface area contributed by atoms with Gasteiger partial charge in [0.05, 0.1) is 0 Å². The van der Waals surface area contributed by atoms with Crippen LogP contribution in [0.15, 0.2) is 84.9 Å². The fourth-order valence-corrected chi connectivity index (χ4v) is 5.15. The van der Waals surface area contributed by atoms with Gasteiger partial charge in [0, 0.05) is 73.2 Å². The lowest BCUT2D eigenvalue weighted by Gasteiger charge is -2.23. The number of fused-ring (bicyclic) bond motifs is 8. The van der Waals surface area contributed by atoms with Crippen molar-refractivity contribution in [3.05, 3.63) is 107 Å².